The summed E-state index contributed by atoms with van der Waals surface area (Å²) in [4.78, 5) is 0. The lowest BCUT2D eigenvalue weighted by Crippen LogP contribution is -2.11. The fourth-order valence-corrected chi connectivity index (χ4v) is 1.99. The number of rotatable bonds is 5. The van der Waals surface area contributed by atoms with Crippen LogP contribution in [0, 0.1) is 6.92 Å². The zero-order chi connectivity index (χ0) is 12.1. The van der Waals surface area contributed by atoms with Crippen LogP contribution in [0.25, 0.3) is 0 Å². The third-order valence-electron chi connectivity index (χ3n) is 2.66. The maximum atomic E-state index is 9.89. The van der Waals surface area contributed by atoms with Crippen molar-refractivity contribution in [3.63, 3.8) is 0 Å². The molecule has 0 amide bonds. The number of phenols is 1. The van der Waals surface area contributed by atoms with Crippen molar-refractivity contribution < 1.29 is 5.11 Å². The Labute approximate surface area is 101 Å². The van der Waals surface area contributed by atoms with E-state index in [0.29, 0.717) is 11.6 Å². The summed E-state index contributed by atoms with van der Waals surface area (Å²) in [5, 5.41) is 10.5. The fraction of sp³-hybridized carbons (Fsp3) is 0.500. The highest BCUT2D eigenvalue weighted by Crippen LogP contribution is 2.31. The molecule has 1 aromatic carbocycles. The van der Waals surface area contributed by atoms with Crippen LogP contribution >= 0.6 is 11.6 Å². The Hall–Kier alpha value is -0.770. The number of aryl methyl sites for hydroxylation is 1. The van der Waals surface area contributed by atoms with Gasteiger partial charge in [0.15, 0.2) is 0 Å². The van der Waals surface area contributed by atoms with Crippen LogP contribution in [0.1, 0.15) is 36.4 Å². The first-order valence-electron chi connectivity index (χ1n) is 5.51. The smallest absolute Gasteiger partial charge is 0.123 e. The maximum absolute atomic E-state index is 9.89. The molecule has 90 valence electrons. The summed E-state index contributed by atoms with van der Waals surface area (Å²) in [5.74, 6) is 0.254. The van der Waals surface area contributed by atoms with Crippen LogP contribution in [0.4, 0.5) is 0 Å². The van der Waals surface area contributed by atoms with Gasteiger partial charge in [-0.05, 0) is 44.0 Å². The summed E-state index contributed by atoms with van der Waals surface area (Å²) >= 11 is 5.94. The standard InChI is InChI=1S/C12H19ClN2O/c1-8-6-9(13)7-10(12(8)16)11(15)4-2-3-5-14/h6-7,11,16H,2-5,14-15H2,1H3/t11-/m0/s1. The molecule has 0 bridgehead atoms. The van der Waals surface area contributed by atoms with Crippen LogP contribution < -0.4 is 11.5 Å². The van der Waals surface area contributed by atoms with Gasteiger partial charge in [-0.1, -0.05) is 18.0 Å². The van der Waals surface area contributed by atoms with Crippen molar-refractivity contribution in [2.24, 2.45) is 11.5 Å². The molecule has 0 saturated heterocycles. The van der Waals surface area contributed by atoms with Gasteiger partial charge in [-0.25, -0.2) is 0 Å². The third kappa shape index (κ3) is 3.37. The molecule has 0 aliphatic rings. The molecule has 0 unspecified atom stereocenters. The number of aromatic hydroxyl groups is 1. The molecule has 1 aromatic rings. The highest BCUT2D eigenvalue weighted by molar-refractivity contribution is 6.30. The van der Waals surface area contributed by atoms with E-state index in [1.165, 1.54) is 0 Å². The molecule has 0 aromatic heterocycles. The first kappa shape index (κ1) is 13.3. The number of hydrogen-bond acceptors (Lipinski definition) is 3. The van der Waals surface area contributed by atoms with Gasteiger partial charge in [-0.15, -0.1) is 0 Å². The lowest BCUT2D eigenvalue weighted by atomic mass is 9.99. The van der Waals surface area contributed by atoms with E-state index in [-0.39, 0.29) is 11.8 Å². The normalized spacial score (nSPS) is 12.8. The Morgan fingerprint density at radius 3 is 2.69 bits per heavy atom. The number of benzene rings is 1. The number of phenolic OH excluding ortho intramolecular Hbond substituents is 1. The highest BCUT2D eigenvalue weighted by Gasteiger charge is 2.13. The van der Waals surface area contributed by atoms with Gasteiger partial charge in [0.2, 0.25) is 0 Å². The monoisotopic (exact) mass is 242 g/mol. The average molecular weight is 243 g/mol. The molecule has 0 saturated carbocycles. The fourth-order valence-electron chi connectivity index (χ4n) is 1.71. The molecule has 0 aliphatic carbocycles. The van der Waals surface area contributed by atoms with Gasteiger partial charge in [0.25, 0.3) is 0 Å². The van der Waals surface area contributed by atoms with Crippen LogP contribution in [0.3, 0.4) is 0 Å². The molecule has 1 rings (SSSR count). The maximum Gasteiger partial charge on any atom is 0.123 e. The van der Waals surface area contributed by atoms with Gasteiger partial charge < -0.3 is 16.6 Å². The van der Waals surface area contributed by atoms with Crippen molar-refractivity contribution in [2.45, 2.75) is 32.2 Å². The second kappa shape index (κ2) is 6.09. The summed E-state index contributed by atoms with van der Waals surface area (Å²) in [5.41, 5.74) is 12.9. The molecule has 0 heterocycles. The Morgan fingerprint density at radius 2 is 2.06 bits per heavy atom. The van der Waals surface area contributed by atoms with Gasteiger partial charge in [0, 0.05) is 16.6 Å². The van der Waals surface area contributed by atoms with E-state index in [1.807, 2.05) is 6.92 Å². The molecule has 5 N–H and O–H groups in total. The van der Waals surface area contributed by atoms with Gasteiger partial charge in [-0.3, -0.25) is 0 Å². The molecule has 0 fully saturated rings. The zero-order valence-electron chi connectivity index (χ0n) is 9.54. The van der Waals surface area contributed by atoms with Crippen molar-refractivity contribution in [2.75, 3.05) is 6.54 Å². The molecule has 1 atom stereocenters. The molecule has 4 heteroatoms. The SMILES string of the molecule is Cc1cc(Cl)cc([C@@H](N)CCCCN)c1O. The van der Waals surface area contributed by atoms with E-state index in [4.69, 9.17) is 23.1 Å². The van der Waals surface area contributed by atoms with Gasteiger partial charge >= 0.3 is 0 Å². The topological polar surface area (TPSA) is 72.3 Å². The first-order valence-corrected chi connectivity index (χ1v) is 5.88. The predicted octanol–water partition coefficient (Wildman–Crippen LogP) is 2.48. The Kier molecular flexibility index (Phi) is 5.06. The molecule has 0 radical (unpaired) electrons. The van der Waals surface area contributed by atoms with Crippen LogP contribution in [-0.2, 0) is 0 Å². The Morgan fingerprint density at radius 1 is 1.38 bits per heavy atom. The minimum Gasteiger partial charge on any atom is -0.507 e. The second-order valence-corrected chi connectivity index (χ2v) is 4.49. The van der Waals surface area contributed by atoms with Crippen LogP contribution in [0.2, 0.25) is 5.02 Å². The largest absolute Gasteiger partial charge is 0.507 e. The van der Waals surface area contributed by atoms with Crippen molar-refractivity contribution >= 4 is 11.6 Å². The Bertz CT molecular complexity index is 355. The van der Waals surface area contributed by atoms with Crippen LogP contribution in [-0.4, -0.2) is 11.7 Å². The summed E-state index contributed by atoms with van der Waals surface area (Å²) in [6, 6.07) is 3.29. The lowest BCUT2D eigenvalue weighted by molar-refractivity contribution is 0.452. The molecule has 16 heavy (non-hydrogen) atoms. The van der Waals surface area contributed by atoms with E-state index in [1.54, 1.807) is 12.1 Å². The van der Waals surface area contributed by atoms with Crippen molar-refractivity contribution in [1.29, 1.82) is 0 Å². The first-order chi connectivity index (χ1) is 7.56. The predicted molar refractivity (Wildman–Crippen MR) is 67.7 cm³/mol. The van der Waals surface area contributed by atoms with E-state index in [9.17, 15) is 5.11 Å². The number of hydrogen-bond donors (Lipinski definition) is 3. The number of halogens is 1. The zero-order valence-corrected chi connectivity index (χ0v) is 10.3. The van der Waals surface area contributed by atoms with E-state index < -0.39 is 0 Å². The summed E-state index contributed by atoms with van der Waals surface area (Å²) in [7, 11) is 0. The van der Waals surface area contributed by atoms with Crippen molar-refractivity contribution in [3.8, 4) is 5.75 Å². The molecule has 0 aliphatic heterocycles. The quantitative estimate of drug-likeness (QED) is 0.695. The summed E-state index contributed by atoms with van der Waals surface area (Å²) in [6.45, 7) is 2.49. The van der Waals surface area contributed by atoms with Crippen LogP contribution in [0.5, 0.6) is 5.75 Å². The van der Waals surface area contributed by atoms with Crippen LogP contribution in [0.15, 0.2) is 12.1 Å². The van der Waals surface area contributed by atoms with E-state index >= 15 is 0 Å². The summed E-state index contributed by atoms with van der Waals surface area (Å²) in [6.07, 6.45) is 2.72. The number of nitrogens with two attached hydrogens (primary N) is 2. The minimum atomic E-state index is -0.177. The molecule has 0 spiro atoms. The average Bonchev–Trinajstić information content (AvgIpc) is 2.23. The molecular formula is C12H19ClN2O. The van der Waals surface area contributed by atoms with E-state index in [0.717, 1.165) is 30.4 Å². The summed E-state index contributed by atoms with van der Waals surface area (Å²) < 4.78 is 0. The highest BCUT2D eigenvalue weighted by atomic mass is 35.5. The third-order valence-corrected chi connectivity index (χ3v) is 2.88. The number of unbranched alkanes of at least 4 members (excludes halogenated alkanes) is 1. The van der Waals surface area contributed by atoms with Crippen molar-refractivity contribution in [3.05, 3.63) is 28.3 Å². The van der Waals surface area contributed by atoms with Gasteiger partial charge in [0.05, 0.1) is 0 Å². The second-order valence-electron chi connectivity index (χ2n) is 4.05. The molecular weight excluding hydrogens is 224 g/mol. The van der Waals surface area contributed by atoms with Crippen molar-refractivity contribution in [1.82, 2.24) is 0 Å². The Balaban J connectivity index is 2.78. The lowest BCUT2D eigenvalue weighted by Gasteiger charge is -2.15. The molecule has 3 nitrogen and oxygen atoms in total. The van der Waals surface area contributed by atoms with E-state index in [2.05, 4.69) is 0 Å². The minimum absolute atomic E-state index is 0.177. The van der Waals surface area contributed by atoms with Gasteiger partial charge in [0.1, 0.15) is 5.75 Å². The van der Waals surface area contributed by atoms with Gasteiger partial charge in [-0.2, -0.15) is 0 Å².